The van der Waals surface area contributed by atoms with Crippen molar-refractivity contribution in [1.29, 1.82) is 0 Å². The number of hydrogen-bond donors (Lipinski definition) is 0. The largest absolute Gasteiger partial charge is 0.481 e. The summed E-state index contributed by atoms with van der Waals surface area (Å²) in [4.78, 5) is 39.2. The highest BCUT2D eigenvalue weighted by Crippen LogP contribution is 2.66. The summed E-state index contributed by atoms with van der Waals surface area (Å²) >= 11 is 0. The van der Waals surface area contributed by atoms with Crippen molar-refractivity contribution in [3.63, 3.8) is 0 Å². The van der Waals surface area contributed by atoms with Gasteiger partial charge in [0, 0.05) is 19.6 Å². The van der Waals surface area contributed by atoms with Crippen LogP contribution < -0.4 is 0 Å². The highest BCUT2D eigenvalue weighted by atomic mass is 19.4. The van der Waals surface area contributed by atoms with Crippen LogP contribution in [0.1, 0.15) is 52.9 Å². The standard InChI is InChI=1S/C24H32BF6N3O5/c1-21(2)13-9-15(21)22(3)16(10-13)38-25(39-22)17-5-4-7-33(17)18(35)12-34(20(37)24(29,30)31)14-6-8-32(11-14)19(36)23(26,27)28/h13-17H,4-12H2,1-3H3/t13-,14-,15-,16-,17+,22+/m1/s1. The van der Waals surface area contributed by atoms with Crippen LogP contribution in [0.15, 0.2) is 0 Å². The molecule has 3 aliphatic heterocycles. The smallest absolute Gasteiger partial charge is 0.404 e. The Kier molecular flexibility index (Phi) is 6.76. The number of hydrogen-bond acceptors (Lipinski definition) is 5. The van der Waals surface area contributed by atoms with Crippen molar-refractivity contribution in [3.05, 3.63) is 0 Å². The minimum absolute atomic E-state index is 0.0931. The van der Waals surface area contributed by atoms with Crippen LogP contribution in [0, 0.1) is 17.3 Å². The summed E-state index contributed by atoms with van der Waals surface area (Å²) in [5, 5.41) is 0. The molecule has 2 bridgehead atoms. The molecule has 6 fully saturated rings. The molecule has 3 saturated heterocycles. The molecule has 6 aliphatic rings. The number of halogens is 6. The van der Waals surface area contributed by atoms with Crippen LogP contribution in [0.2, 0.25) is 0 Å². The molecule has 39 heavy (non-hydrogen) atoms. The third-order valence-corrected chi connectivity index (χ3v) is 9.85. The fourth-order valence-corrected chi connectivity index (χ4v) is 7.57. The predicted octanol–water partition coefficient (Wildman–Crippen LogP) is 2.80. The second-order valence-corrected chi connectivity index (χ2v) is 12.3. The van der Waals surface area contributed by atoms with Crippen molar-refractivity contribution < 1.29 is 50.0 Å². The molecular formula is C24H32BF6N3O5. The molecule has 3 heterocycles. The molecule has 3 saturated carbocycles. The molecule has 0 aromatic carbocycles. The van der Waals surface area contributed by atoms with Crippen LogP contribution in [-0.2, 0) is 23.7 Å². The predicted molar refractivity (Wildman–Crippen MR) is 124 cm³/mol. The van der Waals surface area contributed by atoms with Crippen molar-refractivity contribution in [2.75, 3.05) is 26.2 Å². The van der Waals surface area contributed by atoms with E-state index in [9.17, 15) is 40.7 Å². The van der Waals surface area contributed by atoms with Gasteiger partial charge in [0.2, 0.25) is 5.91 Å². The van der Waals surface area contributed by atoms with Crippen LogP contribution in [0.5, 0.6) is 0 Å². The van der Waals surface area contributed by atoms with E-state index in [1.807, 2.05) is 6.92 Å². The van der Waals surface area contributed by atoms with E-state index in [4.69, 9.17) is 9.31 Å². The van der Waals surface area contributed by atoms with E-state index in [0.717, 1.165) is 12.8 Å². The molecule has 3 amide bonds. The van der Waals surface area contributed by atoms with E-state index in [2.05, 4.69) is 13.8 Å². The Balaban J connectivity index is 1.29. The zero-order valence-corrected chi connectivity index (χ0v) is 22.0. The fourth-order valence-electron chi connectivity index (χ4n) is 7.57. The molecule has 0 spiro atoms. The summed E-state index contributed by atoms with van der Waals surface area (Å²) < 4.78 is 91.6. The van der Waals surface area contributed by atoms with E-state index in [1.54, 1.807) is 0 Å². The highest BCUT2D eigenvalue weighted by molar-refractivity contribution is 6.48. The van der Waals surface area contributed by atoms with Crippen LogP contribution in [0.4, 0.5) is 26.3 Å². The van der Waals surface area contributed by atoms with Gasteiger partial charge in [-0.15, -0.1) is 0 Å². The lowest BCUT2D eigenvalue weighted by Gasteiger charge is -2.64. The molecule has 3 aliphatic carbocycles. The Hall–Kier alpha value is -2.03. The summed E-state index contributed by atoms with van der Waals surface area (Å²) in [7, 11) is -0.764. The van der Waals surface area contributed by atoms with Gasteiger partial charge in [-0.2, -0.15) is 26.3 Å². The first kappa shape index (κ1) is 28.5. The van der Waals surface area contributed by atoms with Crippen LogP contribution in [0.3, 0.4) is 0 Å². The van der Waals surface area contributed by atoms with Gasteiger partial charge in [0.25, 0.3) is 0 Å². The molecule has 0 radical (unpaired) electrons. The van der Waals surface area contributed by atoms with Crippen molar-refractivity contribution in [2.45, 2.75) is 88.9 Å². The van der Waals surface area contributed by atoms with E-state index in [0.29, 0.717) is 23.7 Å². The SMILES string of the molecule is CC1(C)[C@@H]2C[C@H]1[C@]1(C)OB([C@@H]3CCCN3C(=O)CN(C(=O)C(F)(F)F)[C@@H]3CCN(C(=O)C(F)(F)F)C3)O[C@@H]1C2. The van der Waals surface area contributed by atoms with Gasteiger partial charge in [0.1, 0.15) is 6.54 Å². The number of amides is 3. The van der Waals surface area contributed by atoms with Gasteiger partial charge in [-0.25, -0.2) is 0 Å². The fraction of sp³-hybridized carbons (Fsp3) is 0.875. The van der Waals surface area contributed by atoms with Crippen LogP contribution >= 0.6 is 0 Å². The zero-order chi connectivity index (χ0) is 28.7. The van der Waals surface area contributed by atoms with Crippen molar-refractivity contribution in [1.82, 2.24) is 14.7 Å². The number of carbonyl (C=O) groups is 3. The van der Waals surface area contributed by atoms with Gasteiger partial charge in [0.15, 0.2) is 0 Å². The van der Waals surface area contributed by atoms with E-state index < -0.39 is 74.4 Å². The number of likely N-dealkylation sites (tertiary alicyclic amines) is 2. The molecule has 0 aromatic rings. The molecule has 0 unspecified atom stereocenters. The zero-order valence-electron chi connectivity index (χ0n) is 22.0. The minimum atomic E-state index is -5.35. The summed E-state index contributed by atoms with van der Waals surface area (Å²) in [5.41, 5.74) is -0.452. The average Bonchev–Trinajstić information content (AvgIpc) is 3.57. The first-order valence-corrected chi connectivity index (χ1v) is 13.3. The molecule has 0 N–H and O–H groups in total. The Morgan fingerprint density at radius 1 is 1.00 bits per heavy atom. The average molecular weight is 567 g/mol. The lowest BCUT2D eigenvalue weighted by molar-refractivity contribution is -0.199. The summed E-state index contributed by atoms with van der Waals surface area (Å²) in [5.74, 6) is -5.08. The van der Waals surface area contributed by atoms with Crippen LogP contribution in [-0.4, -0.2) is 102 Å². The highest BCUT2D eigenvalue weighted by Gasteiger charge is 2.69. The third kappa shape index (κ3) is 4.70. The first-order chi connectivity index (χ1) is 17.9. The van der Waals surface area contributed by atoms with Gasteiger partial charge in [-0.1, -0.05) is 13.8 Å². The first-order valence-electron chi connectivity index (χ1n) is 13.3. The summed E-state index contributed by atoms with van der Waals surface area (Å²) in [6.07, 6.45) is -8.11. The number of alkyl halides is 6. The van der Waals surface area contributed by atoms with E-state index in [1.165, 1.54) is 4.90 Å². The van der Waals surface area contributed by atoms with Gasteiger partial charge < -0.3 is 24.0 Å². The topological polar surface area (TPSA) is 79.4 Å². The van der Waals surface area contributed by atoms with Crippen molar-refractivity contribution >= 4 is 24.8 Å². The molecular weight excluding hydrogens is 535 g/mol. The van der Waals surface area contributed by atoms with Gasteiger partial charge in [0.05, 0.1) is 23.7 Å². The van der Waals surface area contributed by atoms with Gasteiger partial charge in [-0.3, -0.25) is 14.4 Å². The Bertz CT molecular complexity index is 1040. The number of rotatable bonds is 4. The maximum Gasteiger partial charge on any atom is 0.481 e. The second kappa shape index (κ2) is 9.25. The second-order valence-electron chi connectivity index (χ2n) is 12.3. The van der Waals surface area contributed by atoms with Gasteiger partial charge >= 0.3 is 31.3 Å². The lowest BCUT2D eigenvalue weighted by atomic mass is 9.43. The Labute approximate surface area is 222 Å². The van der Waals surface area contributed by atoms with Crippen molar-refractivity contribution in [2.24, 2.45) is 17.3 Å². The molecule has 218 valence electrons. The number of carbonyl (C=O) groups excluding carboxylic acids is 3. The Morgan fingerprint density at radius 3 is 2.31 bits per heavy atom. The maximum atomic E-state index is 13.4. The molecule has 6 atom stereocenters. The third-order valence-electron chi connectivity index (χ3n) is 9.85. The summed E-state index contributed by atoms with van der Waals surface area (Å²) in [6.45, 7) is 4.44. The Morgan fingerprint density at radius 2 is 1.69 bits per heavy atom. The monoisotopic (exact) mass is 567 g/mol. The minimum Gasteiger partial charge on any atom is -0.404 e. The molecule has 8 nitrogen and oxygen atoms in total. The quantitative estimate of drug-likeness (QED) is 0.386. The number of nitrogens with zero attached hydrogens (tertiary/aromatic N) is 3. The summed E-state index contributed by atoms with van der Waals surface area (Å²) in [6, 6.07) is -1.38. The molecule has 6 rings (SSSR count). The maximum absolute atomic E-state index is 13.4. The van der Waals surface area contributed by atoms with E-state index >= 15 is 0 Å². The van der Waals surface area contributed by atoms with Crippen molar-refractivity contribution in [3.8, 4) is 0 Å². The van der Waals surface area contributed by atoms with E-state index in [-0.39, 0.29) is 35.3 Å². The van der Waals surface area contributed by atoms with Gasteiger partial charge in [-0.05, 0) is 56.3 Å². The molecule has 0 aromatic heterocycles. The normalized spacial score (nSPS) is 35.6. The molecule has 15 heteroatoms. The lowest BCUT2D eigenvalue weighted by Crippen LogP contribution is -2.65. The van der Waals surface area contributed by atoms with Crippen LogP contribution in [0.25, 0.3) is 0 Å².